The fraction of sp³-hybridized carbons (Fsp3) is 0.529. The average Bonchev–Trinajstić information content (AvgIpc) is 3.10. The Balaban J connectivity index is 1.59. The van der Waals surface area contributed by atoms with Gasteiger partial charge in [0.2, 0.25) is 11.8 Å². The fourth-order valence-corrected chi connectivity index (χ4v) is 2.38. The Labute approximate surface area is 136 Å². The van der Waals surface area contributed by atoms with Crippen LogP contribution in [0.5, 0.6) is 5.75 Å². The molecule has 1 atom stereocenters. The van der Waals surface area contributed by atoms with Gasteiger partial charge in [-0.1, -0.05) is 12.1 Å². The summed E-state index contributed by atoms with van der Waals surface area (Å²) in [5.41, 5.74) is 0.988. The summed E-state index contributed by atoms with van der Waals surface area (Å²) in [5.74, 6) is 0.538. The third kappa shape index (κ3) is 6.28. The first kappa shape index (κ1) is 17.3. The van der Waals surface area contributed by atoms with Crippen molar-refractivity contribution in [2.24, 2.45) is 0 Å². The molecule has 0 radical (unpaired) electrons. The van der Waals surface area contributed by atoms with Gasteiger partial charge in [0.05, 0.1) is 13.2 Å². The molecule has 1 aromatic rings. The summed E-state index contributed by atoms with van der Waals surface area (Å²) in [6, 6.07) is 7.49. The van der Waals surface area contributed by atoms with Gasteiger partial charge < -0.3 is 20.1 Å². The zero-order valence-corrected chi connectivity index (χ0v) is 13.5. The van der Waals surface area contributed by atoms with Crippen molar-refractivity contribution in [2.75, 3.05) is 20.3 Å². The standard InChI is InChI=1S/C17H24N2O4/c1-22-14-6-4-13(5-7-14)11-18-16(20)8-9-17(21)19-12-15-3-2-10-23-15/h4-7,15H,2-3,8-12H2,1H3,(H,18,20)(H,19,21)/t15-/m1/s1. The smallest absolute Gasteiger partial charge is 0.220 e. The molecule has 0 unspecified atom stereocenters. The fourth-order valence-electron chi connectivity index (χ4n) is 2.38. The molecule has 1 aliphatic heterocycles. The van der Waals surface area contributed by atoms with Crippen molar-refractivity contribution in [2.45, 2.75) is 38.3 Å². The Kier molecular flexibility index (Phi) is 6.87. The lowest BCUT2D eigenvalue weighted by atomic mass is 10.2. The van der Waals surface area contributed by atoms with E-state index in [1.807, 2.05) is 24.3 Å². The van der Waals surface area contributed by atoms with E-state index >= 15 is 0 Å². The number of carbonyl (C=O) groups is 2. The predicted octanol–water partition coefficient (Wildman–Crippen LogP) is 1.39. The third-order valence-corrected chi connectivity index (χ3v) is 3.78. The number of benzene rings is 1. The highest BCUT2D eigenvalue weighted by molar-refractivity contribution is 5.83. The van der Waals surface area contributed by atoms with Gasteiger partial charge in [0.1, 0.15) is 5.75 Å². The summed E-state index contributed by atoms with van der Waals surface area (Å²) in [6.45, 7) is 1.75. The molecule has 2 N–H and O–H groups in total. The van der Waals surface area contributed by atoms with Gasteiger partial charge >= 0.3 is 0 Å². The van der Waals surface area contributed by atoms with E-state index < -0.39 is 0 Å². The number of methoxy groups -OCH3 is 1. The first-order chi connectivity index (χ1) is 11.2. The highest BCUT2D eigenvalue weighted by Gasteiger charge is 2.16. The number of nitrogens with one attached hydrogen (secondary N) is 2. The zero-order chi connectivity index (χ0) is 16.5. The van der Waals surface area contributed by atoms with Crippen LogP contribution >= 0.6 is 0 Å². The Morgan fingerprint density at radius 1 is 1.17 bits per heavy atom. The maximum absolute atomic E-state index is 11.8. The van der Waals surface area contributed by atoms with Crippen molar-refractivity contribution in [1.82, 2.24) is 10.6 Å². The summed E-state index contributed by atoms with van der Waals surface area (Å²) < 4.78 is 10.5. The van der Waals surface area contributed by atoms with E-state index in [2.05, 4.69) is 10.6 Å². The van der Waals surface area contributed by atoms with Gasteiger partial charge in [-0.05, 0) is 30.5 Å². The SMILES string of the molecule is COc1ccc(CNC(=O)CCC(=O)NC[C@H]2CCCO2)cc1. The molecule has 1 aliphatic rings. The van der Waals surface area contributed by atoms with Gasteiger partial charge in [-0.2, -0.15) is 0 Å². The molecule has 1 heterocycles. The summed E-state index contributed by atoms with van der Waals surface area (Å²) >= 11 is 0. The molecular formula is C17H24N2O4. The minimum Gasteiger partial charge on any atom is -0.497 e. The predicted molar refractivity (Wildman–Crippen MR) is 86.1 cm³/mol. The molecular weight excluding hydrogens is 296 g/mol. The number of ether oxygens (including phenoxy) is 2. The van der Waals surface area contributed by atoms with Crippen molar-refractivity contribution < 1.29 is 19.1 Å². The molecule has 23 heavy (non-hydrogen) atoms. The number of amides is 2. The molecule has 1 fully saturated rings. The molecule has 0 spiro atoms. The quantitative estimate of drug-likeness (QED) is 0.759. The molecule has 0 aromatic heterocycles. The van der Waals surface area contributed by atoms with Gasteiger partial charge in [-0.15, -0.1) is 0 Å². The van der Waals surface area contributed by atoms with E-state index in [0.717, 1.165) is 30.8 Å². The van der Waals surface area contributed by atoms with E-state index in [1.165, 1.54) is 0 Å². The Hall–Kier alpha value is -2.08. The first-order valence-corrected chi connectivity index (χ1v) is 7.95. The lowest BCUT2D eigenvalue weighted by molar-refractivity contribution is -0.126. The van der Waals surface area contributed by atoms with Gasteiger partial charge in [-0.25, -0.2) is 0 Å². The molecule has 0 aliphatic carbocycles. The van der Waals surface area contributed by atoms with Crippen LogP contribution in [0, 0.1) is 0 Å². The molecule has 1 aromatic carbocycles. The van der Waals surface area contributed by atoms with Crippen LogP contribution in [0.15, 0.2) is 24.3 Å². The zero-order valence-electron chi connectivity index (χ0n) is 13.5. The second-order valence-electron chi connectivity index (χ2n) is 5.56. The van der Waals surface area contributed by atoms with Gasteiger partial charge in [0, 0.05) is 32.5 Å². The summed E-state index contributed by atoms with van der Waals surface area (Å²) in [6.07, 6.45) is 2.55. The van der Waals surface area contributed by atoms with Crippen LogP contribution in [0.3, 0.4) is 0 Å². The molecule has 0 bridgehead atoms. The first-order valence-electron chi connectivity index (χ1n) is 7.95. The second kappa shape index (κ2) is 9.15. The summed E-state index contributed by atoms with van der Waals surface area (Å²) in [7, 11) is 1.61. The highest BCUT2D eigenvalue weighted by Crippen LogP contribution is 2.11. The molecule has 126 valence electrons. The largest absolute Gasteiger partial charge is 0.497 e. The summed E-state index contributed by atoms with van der Waals surface area (Å²) in [4.78, 5) is 23.5. The molecule has 2 rings (SSSR count). The number of hydrogen-bond acceptors (Lipinski definition) is 4. The van der Waals surface area contributed by atoms with Gasteiger partial charge in [0.25, 0.3) is 0 Å². The Morgan fingerprint density at radius 2 is 1.87 bits per heavy atom. The highest BCUT2D eigenvalue weighted by atomic mass is 16.5. The maximum atomic E-state index is 11.8. The Morgan fingerprint density at radius 3 is 2.48 bits per heavy atom. The van der Waals surface area contributed by atoms with Crippen LogP contribution in [0.2, 0.25) is 0 Å². The van der Waals surface area contributed by atoms with Gasteiger partial charge in [-0.3, -0.25) is 9.59 Å². The van der Waals surface area contributed by atoms with Crippen molar-refractivity contribution in [3.63, 3.8) is 0 Å². The van der Waals surface area contributed by atoms with E-state index in [1.54, 1.807) is 7.11 Å². The summed E-state index contributed by atoms with van der Waals surface area (Å²) in [5, 5.41) is 5.61. The molecule has 2 amide bonds. The maximum Gasteiger partial charge on any atom is 0.220 e. The molecule has 1 saturated heterocycles. The normalized spacial score (nSPS) is 16.8. The molecule has 0 saturated carbocycles. The van der Waals surface area contributed by atoms with Crippen molar-refractivity contribution in [1.29, 1.82) is 0 Å². The topological polar surface area (TPSA) is 76.7 Å². The van der Waals surface area contributed by atoms with E-state index in [0.29, 0.717) is 13.1 Å². The lowest BCUT2D eigenvalue weighted by Crippen LogP contribution is -2.32. The van der Waals surface area contributed by atoms with Crippen LogP contribution in [0.25, 0.3) is 0 Å². The van der Waals surface area contributed by atoms with Crippen LogP contribution in [0.4, 0.5) is 0 Å². The van der Waals surface area contributed by atoms with E-state index in [9.17, 15) is 9.59 Å². The lowest BCUT2D eigenvalue weighted by Gasteiger charge is -2.10. The van der Waals surface area contributed by atoms with Crippen LogP contribution in [0.1, 0.15) is 31.2 Å². The van der Waals surface area contributed by atoms with Crippen LogP contribution in [-0.4, -0.2) is 38.2 Å². The number of rotatable bonds is 8. The van der Waals surface area contributed by atoms with Crippen LogP contribution in [-0.2, 0) is 20.9 Å². The molecule has 6 nitrogen and oxygen atoms in total. The monoisotopic (exact) mass is 320 g/mol. The minimum atomic E-state index is -0.131. The van der Waals surface area contributed by atoms with E-state index in [-0.39, 0.29) is 30.8 Å². The minimum absolute atomic E-state index is 0.111. The van der Waals surface area contributed by atoms with Crippen molar-refractivity contribution in [3.05, 3.63) is 29.8 Å². The van der Waals surface area contributed by atoms with Crippen molar-refractivity contribution >= 4 is 11.8 Å². The Bertz CT molecular complexity index is 510. The third-order valence-electron chi connectivity index (χ3n) is 3.78. The van der Waals surface area contributed by atoms with Crippen LogP contribution < -0.4 is 15.4 Å². The van der Waals surface area contributed by atoms with Crippen molar-refractivity contribution in [3.8, 4) is 5.75 Å². The average molecular weight is 320 g/mol. The number of hydrogen-bond donors (Lipinski definition) is 2. The second-order valence-corrected chi connectivity index (χ2v) is 5.56. The van der Waals surface area contributed by atoms with E-state index in [4.69, 9.17) is 9.47 Å². The molecule has 6 heteroatoms. The van der Waals surface area contributed by atoms with Gasteiger partial charge in [0.15, 0.2) is 0 Å². The number of carbonyl (C=O) groups excluding carboxylic acids is 2.